The lowest BCUT2D eigenvalue weighted by Gasteiger charge is -2.15. The number of aryl methyl sites for hydroxylation is 1. The molecule has 5 nitrogen and oxygen atoms in total. The fourth-order valence-corrected chi connectivity index (χ4v) is 3.24. The van der Waals surface area contributed by atoms with Gasteiger partial charge >= 0.3 is 0 Å². The predicted molar refractivity (Wildman–Crippen MR) is 116 cm³/mol. The Morgan fingerprint density at radius 2 is 1.72 bits per heavy atom. The number of allylic oxidation sites excluding steroid dienone is 4. The molecule has 1 aliphatic heterocycles. The van der Waals surface area contributed by atoms with Crippen LogP contribution in [-0.2, 0) is 11.2 Å². The summed E-state index contributed by atoms with van der Waals surface area (Å²) in [5.74, 6) is 0.959. The lowest BCUT2D eigenvalue weighted by atomic mass is 10.1. The van der Waals surface area contributed by atoms with Gasteiger partial charge in [-0.3, -0.25) is 4.79 Å². The molecule has 2 N–H and O–H groups in total. The lowest BCUT2D eigenvalue weighted by molar-refractivity contribution is -0.130. The van der Waals surface area contributed by atoms with Gasteiger partial charge in [-0.1, -0.05) is 48.6 Å². The number of amides is 1. The second-order valence-electron chi connectivity index (χ2n) is 7.31. The Kier molecular flexibility index (Phi) is 10.2. The molecule has 2 rings (SSSR count). The fraction of sp³-hybridized carbons (Fsp3) is 0.458. The second-order valence-corrected chi connectivity index (χ2v) is 7.31. The molecule has 1 saturated heterocycles. The van der Waals surface area contributed by atoms with E-state index in [0.717, 1.165) is 43.7 Å². The molecule has 1 aromatic rings. The molecule has 2 atom stereocenters. The molecule has 5 heteroatoms. The summed E-state index contributed by atoms with van der Waals surface area (Å²) in [4.78, 5) is 13.8. The highest BCUT2D eigenvalue weighted by Crippen LogP contribution is 2.15. The van der Waals surface area contributed by atoms with Crippen LogP contribution in [0.1, 0.15) is 37.7 Å². The number of benzene rings is 1. The van der Waals surface area contributed by atoms with Gasteiger partial charge in [0, 0.05) is 19.5 Å². The van der Waals surface area contributed by atoms with Crippen LogP contribution < -0.4 is 4.74 Å². The summed E-state index contributed by atoms with van der Waals surface area (Å²) in [6.07, 6.45) is 13.9. The average Bonchev–Trinajstić information content (AvgIpc) is 3.28. The first-order valence-corrected chi connectivity index (χ1v) is 10.4. The normalized spacial score (nSPS) is 16.9. The monoisotopic (exact) mass is 399 g/mol. The number of ether oxygens (including phenoxy) is 1. The van der Waals surface area contributed by atoms with E-state index in [4.69, 9.17) is 4.74 Å². The molecule has 1 heterocycles. The van der Waals surface area contributed by atoms with E-state index in [-0.39, 0.29) is 5.91 Å². The summed E-state index contributed by atoms with van der Waals surface area (Å²) >= 11 is 0. The van der Waals surface area contributed by atoms with Crippen molar-refractivity contribution in [2.75, 3.05) is 20.2 Å². The minimum atomic E-state index is -0.622. The smallest absolute Gasteiger partial charge is 0.222 e. The van der Waals surface area contributed by atoms with Crippen LogP contribution in [0.4, 0.5) is 0 Å². The van der Waals surface area contributed by atoms with E-state index >= 15 is 0 Å². The number of hydrogen-bond acceptors (Lipinski definition) is 4. The number of rotatable bonds is 11. The summed E-state index contributed by atoms with van der Waals surface area (Å²) < 4.78 is 5.20. The molecule has 0 spiro atoms. The number of carbonyl (C=O) groups is 1. The fourth-order valence-electron chi connectivity index (χ4n) is 3.24. The standard InChI is InChI=1S/C24H33NO4/c1-29-23-12-8-9-20(19-23)13-14-21(26)10-4-2-3-5-11-22(27)15-16-24(28)25-17-6-7-18-25/h2-5,8-12,19,21-22,26-27H,6-7,13-18H2,1H3/b3-2+,10-4+,11-5+. The van der Waals surface area contributed by atoms with Crippen LogP contribution in [0.2, 0.25) is 0 Å². The van der Waals surface area contributed by atoms with E-state index in [1.54, 1.807) is 37.5 Å². The van der Waals surface area contributed by atoms with E-state index in [1.807, 2.05) is 35.2 Å². The molecular weight excluding hydrogens is 366 g/mol. The van der Waals surface area contributed by atoms with Gasteiger partial charge in [0.2, 0.25) is 5.91 Å². The zero-order valence-corrected chi connectivity index (χ0v) is 17.2. The molecule has 1 aromatic carbocycles. The predicted octanol–water partition coefficient (Wildman–Crippen LogP) is 3.42. The van der Waals surface area contributed by atoms with Gasteiger partial charge in [0.25, 0.3) is 0 Å². The highest BCUT2D eigenvalue weighted by Gasteiger charge is 2.17. The van der Waals surface area contributed by atoms with E-state index in [2.05, 4.69) is 0 Å². The van der Waals surface area contributed by atoms with Crippen molar-refractivity contribution >= 4 is 5.91 Å². The number of hydrogen-bond donors (Lipinski definition) is 2. The second kappa shape index (κ2) is 13.0. The highest BCUT2D eigenvalue weighted by molar-refractivity contribution is 5.76. The van der Waals surface area contributed by atoms with Crippen molar-refractivity contribution < 1.29 is 19.7 Å². The number of aliphatic hydroxyl groups is 2. The molecule has 1 fully saturated rings. The highest BCUT2D eigenvalue weighted by atomic mass is 16.5. The van der Waals surface area contributed by atoms with E-state index in [1.165, 1.54) is 0 Å². The first-order valence-electron chi connectivity index (χ1n) is 10.4. The topological polar surface area (TPSA) is 70.0 Å². The average molecular weight is 400 g/mol. The zero-order valence-electron chi connectivity index (χ0n) is 17.2. The molecule has 0 saturated carbocycles. The number of carbonyl (C=O) groups excluding carboxylic acids is 1. The van der Waals surface area contributed by atoms with Gasteiger partial charge in [0.15, 0.2) is 0 Å². The maximum Gasteiger partial charge on any atom is 0.222 e. The molecule has 1 aliphatic rings. The van der Waals surface area contributed by atoms with Gasteiger partial charge < -0.3 is 19.8 Å². The first kappa shape index (κ1) is 22.9. The van der Waals surface area contributed by atoms with Crippen molar-refractivity contribution in [3.05, 3.63) is 66.3 Å². The van der Waals surface area contributed by atoms with Crippen molar-refractivity contribution in [1.29, 1.82) is 0 Å². The van der Waals surface area contributed by atoms with E-state index < -0.39 is 12.2 Å². The van der Waals surface area contributed by atoms with E-state index in [0.29, 0.717) is 19.3 Å². The van der Waals surface area contributed by atoms with Crippen molar-refractivity contribution in [2.45, 2.75) is 50.7 Å². The summed E-state index contributed by atoms with van der Waals surface area (Å²) in [5.41, 5.74) is 1.13. The molecule has 0 radical (unpaired) electrons. The molecule has 0 aromatic heterocycles. The van der Waals surface area contributed by atoms with Gasteiger partial charge in [-0.2, -0.15) is 0 Å². The summed E-state index contributed by atoms with van der Waals surface area (Å²) in [6.45, 7) is 1.70. The van der Waals surface area contributed by atoms with Crippen molar-refractivity contribution in [3.8, 4) is 5.75 Å². The Labute approximate surface area is 174 Å². The Bertz CT molecular complexity index is 705. The van der Waals surface area contributed by atoms with Crippen LogP contribution >= 0.6 is 0 Å². The van der Waals surface area contributed by atoms with Crippen LogP contribution in [0.25, 0.3) is 0 Å². The van der Waals surface area contributed by atoms with Crippen LogP contribution in [-0.4, -0.2) is 53.4 Å². The lowest BCUT2D eigenvalue weighted by Crippen LogP contribution is -2.28. The van der Waals surface area contributed by atoms with Gasteiger partial charge in [0.1, 0.15) is 5.75 Å². The third kappa shape index (κ3) is 9.11. The van der Waals surface area contributed by atoms with Crippen LogP contribution in [0.15, 0.2) is 60.7 Å². The van der Waals surface area contributed by atoms with Gasteiger partial charge in [-0.05, 0) is 49.8 Å². The molecule has 2 unspecified atom stereocenters. The minimum absolute atomic E-state index is 0.136. The number of methoxy groups -OCH3 is 1. The molecular formula is C24H33NO4. The molecule has 1 amide bonds. The SMILES string of the molecule is COc1cccc(CCC(O)/C=C/C=C/C=C/C(O)CCC(=O)N2CCCC2)c1. The van der Waals surface area contributed by atoms with Gasteiger partial charge in [-0.15, -0.1) is 0 Å². The number of nitrogens with zero attached hydrogens (tertiary/aromatic N) is 1. The minimum Gasteiger partial charge on any atom is -0.497 e. The molecule has 0 aliphatic carbocycles. The molecule has 29 heavy (non-hydrogen) atoms. The first-order chi connectivity index (χ1) is 14.1. The number of aliphatic hydroxyl groups excluding tert-OH is 2. The molecule has 158 valence electrons. The largest absolute Gasteiger partial charge is 0.497 e. The van der Waals surface area contributed by atoms with Crippen molar-refractivity contribution in [1.82, 2.24) is 4.90 Å². The zero-order chi connectivity index (χ0) is 20.9. The van der Waals surface area contributed by atoms with Crippen LogP contribution in [0.5, 0.6) is 5.75 Å². The van der Waals surface area contributed by atoms with Gasteiger partial charge in [0.05, 0.1) is 19.3 Å². The maximum atomic E-state index is 11.9. The van der Waals surface area contributed by atoms with Crippen molar-refractivity contribution in [2.24, 2.45) is 0 Å². The Morgan fingerprint density at radius 3 is 2.38 bits per heavy atom. The maximum absolute atomic E-state index is 11.9. The quantitative estimate of drug-likeness (QED) is 0.560. The van der Waals surface area contributed by atoms with Crippen molar-refractivity contribution in [3.63, 3.8) is 0 Å². The Balaban J connectivity index is 1.62. The molecule has 0 bridgehead atoms. The third-order valence-electron chi connectivity index (χ3n) is 4.98. The third-order valence-corrected chi connectivity index (χ3v) is 4.98. The van der Waals surface area contributed by atoms with Crippen LogP contribution in [0, 0.1) is 0 Å². The Morgan fingerprint density at radius 1 is 1.07 bits per heavy atom. The summed E-state index contributed by atoms with van der Waals surface area (Å²) in [6, 6.07) is 7.85. The van der Waals surface area contributed by atoms with E-state index in [9.17, 15) is 15.0 Å². The van der Waals surface area contributed by atoms with Crippen LogP contribution in [0.3, 0.4) is 0 Å². The van der Waals surface area contributed by atoms with Gasteiger partial charge in [-0.25, -0.2) is 0 Å². The number of likely N-dealkylation sites (tertiary alicyclic amines) is 1. The summed E-state index contributed by atoms with van der Waals surface area (Å²) in [7, 11) is 1.64. The Hall–Kier alpha value is -2.37. The summed E-state index contributed by atoms with van der Waals surface area (Å²) in [5, 5.41) is 20.0.